The summed E-state index contributed by atoms with van der Waals surface area (Å²) >= 11 is 0. The van der Waals surface area contributed by atoms with Crippen LogP contribution >= 0.6 is 0 Å². The predicted molar refractivity (Wildman–Crippen MR) is 90.4 cm³/mol. The van der Waals surface area contributed by atoms with Crippen LogP contribution in [0.5, 0.6) is 0 Å². The van der Waals surface area contributed by atoms with E-state index in [-0.39, 0.29) is 11.6 Å². The summed E-state index contributed by atoms with van der Waals surface area (Å²) in [5.41, 5.74) is 2.01. The number of benzene rings is 2. The maximum Gasteiger partial charge on any atom is 0.318 e. The summed E-state index contributed by atoms with van der Waals surface area (Å²) in [6.45, 7) is 7.17. The third-order valence-corrected chi connectivity index (χ3v) is 3.20. The minimum absolute atomic E-state index is 0.0415. The molecule has 0 saturated carbocycles. The summed E-state index contributed by atoms with van der Waals surface area (Å²) in [6, 6.07) is 20.1. The smallest absolute Gasteiger partial charge is 0.318 e. The van der Waals surface area contributed by atoms with Gasteiger partial charge in [0.2, 0.25) is 0 Å². The molecule has 0 unspecified atom stereocenters. The number of hydrogen-bond acceptors (Lipinski definition) is 1. The molecule has 3 nitrogen and oxygen atoms in total. The molecule has 0 saturated heterocycles. The first-order valence-electron chi connectivity index (χ1n) is 7.59. The maximum absolute atomic E-state index is 12.6. The number of urea groups is 1. The van der Waals surface area contributed by atoms with Gasteiger partial charge in [-0.05, 0) is 31.9 Å². The molecule has 0 fully saturated rings. The molecule has 3 heteroatoms. The van der Waals surface area contributed by atoms with Crippen molar-refractivity contribution >= 4 is 6.03 Å². The first kappa shape index (κ1) is 16.1. The lowest BCUT2D eigenvalue weighted by molar-refractivity contribution is 0.183. The maximum atomic E-state index is 12.6. The average Bonchev–Trinajstić information content (AvgIpc) is 2.47. The van der Waals surface area contributed by atoms with Gasteiger partial charge >= 0.3 is 6.03 Å². The van der Waals surface area contributed by atoms with Crippen LogP contribution in [0.15, 0.2) is 60.7 Å². The number of carbonyl (C=O) groups is 1. The topological polar surface area (TPSA) is 32.3 Å². The Morgan fingerprint density at radius 1 is 0.864 bits per heavy atom. The molecule has 0 radical (unpaired) electrons. The number of rotatable bonds is 4. The van der Waals surface area contributed by atoms with Crippen molar-refractivity contribution in [2.24, 2.45) is 0 Å². The van der Waals surface area contributed by atoms with Gasteiger partial charge in [-0.2, -0.15) is 0 Å². The summed E-state index contributed by atoms with van der Waals surface area (Å²) in [7, 11) is 0. The fraction of sp³-hybridized carbons (Fsp3) is 0.316. The lowest BCUT2D eigenvalue weighted by Crippen LogP contribution is -2.47. The first-order chi connectivity index (χ1) is 10.4. The molecule has 2 aromatic carbocycles. The highest BCUT2D eigenvalue weighted by atomic mass is 16.2. The average molecular weight is 296 g/mol. The third kappa shape index (κ3) is 5.24. The number of amides is 2. The van der Waals surface area contributed by atoms with Crippen molar-refractivity contribution in [1.82, 2.24) is 10.2 Å². The van der Waals surface area contributed by atoms with Gasteiger partial charge in [0.15, 0.2) is 0 Å². The quantitative estimate of drug-likeness (QED) is 0.901. The van der Waals surface area contributed by atoms with Crippen LogP contribution in [-0.4, -0.2) is 16.5 Å². The zero-order valence-electron chi connectivity index (χ0n) is 13.5. The standard InChI is InChI=1S/C19H24N2O/c1-19(2,3)20-18(22)21(14-16-10-6-4-7-11-16)15-17-12-8-5-9-13-17/h4-13H,14-15H2,1-3H3,(H,20,22). The molecule has 2 amide bonds. The van der Waals surface area contributed by atoms with Gasteiger partial charge < -0.3 is 10.2 Å². The van der Waals surface area contributed by atoms with Crippen molar-refractivity contribution in [1.29, 1.82) is 0 Å². The second kappa shape index (κ2) is 7.12. The van der Waals surface area contributed by atoms with Gasteiger partial charge in [0, 0.05) is 18.6 Å². The Bertz CT molecular complexity index is 546. The molecule has 22 heavy (non-hydrogen) atoms. The van der Waals surface area contributed by atoms with E-state index >= 15 is 0 Å². The Morgan fingerprint density at radius 3 is 1.64 bits per heavy atom. The van der Waals surface area contributed by atoms with Crippen molar-refractivity contribution < 1.29 is 4.79 Å². The van der Waals surface area contributed by atoms with Crippen molar-refractivity contribution in [3.8, 4) is 0 Å². The molecule has 2 aromatic rings. The van der Waals surface area contributed by atoms with Crippen LogP contribution < -0.4 is 5.32 Å². The van der Waals surface area contributed by atoms with Crippen molar-refractivity contribution in [3.63, 3.8) is 0 Å². The van der Waals surface area contributed by atoms with E-state index in [4.69, 9.17) is 0 Å². The van der Waals surface area contributed by atoms with Gasteiger partial charge in [-0.1, -0.05) is 60.7 Å². The lowest BCUT2D eigenvalue weighted by Gasteiger charge is -2.28. The summed E-state index contributed by atoms with van der Waals surface area (Å²) < 4.78 is 0. The number of carbonyl (C=O) groups excluding carboxylic acids is 1. The van der Waals surface area contributed by atoms with E-state index in [0.29, 0.717) is 13.1 Å². The molecule has 0 aliphatic heterocycles. The van der Waals surface area contributed by atoms with Crippen LogP contribution in [0.4, 0.5) is 4.79 Å². The van der Waals surface area contributed by atoms with Crippen molar-refractivity contribution in [3.05, 3.63) is 71.8 Å². The Labute approximate surface area is 133 Å². The van der Waals surface area contributed by atoms with Gasteiger partial charge in [-0.25, -0.2) is 4.79 Å². The van der Waals surface area contributed by atoms with E-state index in [9.17, 15) is 4.79 Å². The number of hydrogen-bond donors (Lipinski definition) is 1. The second-order valence-corrected chi connectivity index (χ2v) is 6.51. The van der Waals surface area contributed by atoms with Crippen LogP contribution in [0, 0.1) is 0 Å². The summed E-state index contributed by atoms with van der Waals surface area (Å²) in [6.07, 6.45) is 0. The highest BCUT2D eigenvalue weighted by Crippen LogP contribution is 2.12. The zero-order chi connectivity index (χ0) is 16.0. The van der Waals surface area contributed by atoms with Crippen LogP contribution in [0.1, 0.15) is 31.9 Å². The summed E-state index contributed by atoms with van der Waals surface area (Å²) in [4.78, 5) is 14.4. The Morgan fingerprint density at radius 2 is 1.27 bits per heavy atom. The van der Waals surface area contributed by atoms with Crippen LogP contribution in [0.25, 0.3) is 0 Å². The van der Waals surface area contributed by atoms with Crippen LogP contribution in [0.2, 0.25) is 0 Å². The first-order valence-corrected chi connectivity index (χ1v) is 7.59. The van der Waals surface area contributed by atoms with E-state index in [0.717, 1.165) is 11.1 Å². The monoisotopic (exact) mass is 296 g/mol. The highest BCUT2D eigenvalue weighted by Gasteiger charge is 2.20. The Kier molecular flexibility index (Phi) is 5.21. The Balaban J connectivity index is 2.14. The van der Waals surface area contributed by atoms with E-state index in [1.165, 1.54) is 0 Å². The highest BCUT2D eigenvalue weighted by molar-refractivity contribution is 5.75. The molecular formula is C19H24N2O. The van der Waals surface area contributed by atoms with E-state index in [1.807, 2.05) is 86.3 Å². The third-order valence-electron chi connectivity index (χ3n) is 3.20. The molecular weight excluding hydrogens is 272 g/mol. The minimum atomic E-state index is -0.247. The van der Waals surface area contributed by atoms with E-state index in [1.54, 1.807) is 0 Å². The molecule has 0 spiro atoms. The molecule has 0 bridgehead atoms. The molecule has 0 heterocycles. The molecule has 0 aromatic heterocycles. The SMILES string of the molecule is CC(C)(C)NC(=O)N(Cc1ccccc1)Cc1ccccc1. The fourth-order valence-corrected chi connectivity index (χ4v) is 2.21. The number of nitrogens with zero attached hydrogens (tertiary/aromatic N) is 1. The van der Waals surface area contributed by atoms with Crippen LogP contribution in [-0.2, 0) is 13.1 Å². The second-order valence-electron chi connectivity index (χ2n) is 6.51. The van der Waals surface area contributed by atoms with Gasteiger partial charge in [0.05, 0.1) is 0 Å². The molecule has 0 aliphatic carbocycles. The fourth-order valence-electron chi connectivity index (χ4n) is 2.21. The largest absolute Gasteiger partial charge is 0.333 e. The Hall–Kier alpha value is -2.29. The normalized spacial score (nSPS) is 11.0. The molecule has 116 valence electrons. The number of nitrogens with one attached hydrogen (secondary N) is 1. The van der Waals surface area contributed by atoms with Crippen molar-refractivity contribution in [2.75, 3.05) is 0 Å². The van der Waals surface area contributed by atoms with Gasteiger partial charge in [-0.15, -0.1) is 0 Å². The van der Waals surface area contributed by atoms with E-state index < -0.39 is 0 Å². The summed E-state index contributed by atoms with van der Waals surface area (Å²) in [5.74, 6) is 0. The van der Waals surface area contributed by atoms with Crippen molar-refractivity contribution in [2.45, 2.75) is 39.4 Å². The van der Waals surface area contributed by atoms with Crippen LogP contribution in [0.3, 0.4) is 0 Å². The molecule has 2 rings (SSSR count). The predicted octanol–water partition coefficient (Wildman–Crippen LogP) is 4.20. The molecule has 1 N–H and O–H groups in total. The zero-order valence-corrected chi connectivity index (χ0v) is 13.5. The minimum Gasteiger partial charge on any atom is -0.333 e. The van der Waals surface area contributed by atoms with Gasteiger partial charge in [-0.3, -0.25) is 0 Å². The van der Waals surface area contributed by atoms with Gasteiger partial charge in [0.25, 0.3) is 0 Å². The lowest BCUT2D eigenvalue weighted by atomic mass is 10.1. The van der Waals surface area contributed by atoms with E-state index in [2.05, 4.69) is 5.32 Å². The molecule has 0 atom stereocenters. The molecule has 0 aliphatic rings. The van der Waals surface area contributed by atoms with Gasteiger partial charge in [0.1, 0.15) is 0 Å². The summed E-state index contributed by atoms with van der Waals surface area (Å²) in [5, 5.41) is 3.05.